The molecule has 0 spiro atoms. The van der Waals surface area contributed by atoms with Crippen LogP contribution in [-0.4, -0.2) is 17.6 Å². The summed E-state index contributed by atoms with van der Waals surface area (Å²) in [5, 5.41) is 4.61. The molecule has 0 fully saturated rings. The van der Waals surface area contributed by atoms with E-state index in [9.17, 15) is 0 Å². The maximum absolute atomic E-state index is 5.85. The highest BCUT2D eigenvalue weighted by atomic mass is 32.1. The van der Waals surface area contributed by atoms with Crippen LogP contribution in [0.2, 0.25) is 0 Å². The fourth-order valence-corrected chi connectivity index (χ4v) is 2.15. The van der Waals surface area contributed by atoms with E-state index in [1.807, 2.05) is 6.20 Å². The first-order chi connectivity index (χ1) is 7.13. The Kier molecular flexibility index (Phi) is 5.22. The number of hydrogen-bond acceptors (Lipinski definition) is 4. The number of aryl methyl sites for hydroxylation is 1. The molecule has 0 aliphatic carbocycles. The summed E-state index contributed by atoms with van der Waals surface area (Å²) in [6.07, 6.45) is 4.01. The highest BCUT2D eigenvalue weighted by molar-refractivity contribution is 7.11. The molecule has 2 atom stereocenters. The van der Waals surface area contributed by atoms with E-state index in [4.69, 9.17) is 5.73 Å². The van der Waals surface area contributed by atoms with Crippen LogP contribution in [0.25, 0.3) is 0 Å². The Balaban J connectivity index is 2.27. The standard InChI is InChI=1S/C11H21N3S/c1-4-10(12)5-6-13-9(3)11-14-7-8(2)15-11/h7,9-10,13H,4-6,12H2,1-3H3. The number of thiazole rings is 1. The topological polar surface area (TPSA) is 50.9 Å². The van der Waals surface area contributed by atoms with E-state index in [1.165, 1.54) is 4.88 Å². The predicted octanol–water partition coefficient (Wildman–Crippen LogP) is 2.23. The van der Waals surface area contributed by atoms with Crippen molar-refractivity contribution in [3.63, 3.8) is 0 Å². The summed E-state index contributed by atoms with van der Waals surface area (Å²) in [6, 6.07) is 0.662. The van der Waals surface area contributed by atoms with Crippen LogP contribution in [0.1, 0.15) is 42.6 Å². The molecular formula is C11H21N3S. The fraction of sp³-hybridized carbons (Fsp3) is 0.727. The molecule has 0 saturated carbocycles. The smallest absolute Gasteiger partial charge is 0.109 e. The Hall–Kier alpha value is -0.450. The molecule has 3 N–H and O–H groups in total. The van der Waals surface area contributed by atoms with Gasteiger partial charge in [-0.3, -0.25) is 0 Å². The second-order valence-electron chi connectivity index (χ2n) is 3.94. The Labute approximate surface area is 96.1 Å². The SMILES string of the molecule is CCC(N)CCNC(C)c1ncc(C)s1. The summed E-state index contributed by atoms with van der Waals surface area (Å²) in [5.74, 6) is 0. The second-order valence-corrected chi connectivity index (χ2v) is 5.21. The highest BCUT2D eigenvalue weighted by Gasteiger charge is 2.08. The van der Waals surface area contributed by atoms with Crippen LogP contribution in [0.15, 0.2) is 6.20 Å². The molecule has 0 bridgehead atoms. The molecule has 0 saturated heterocycles. The summed E-state index contributed by atoms with van der Waals surface area (Å²) in [5.41, 5.74) is 5.85. The van der Waals surface area contributed by atoms with Gasteiger partial charge in [0.1, 0.15) is 5.01 Å². The van der Waals surface area contributed by atoms with Gasteiger partial charge in [0.25, 0.3) is 0 Å². The number of aromatic nitrogens is 1. The van der Waals surface area contributed by atoms with E-state index in [1.54, 1.807) is 11.3 Å². The third-order valence-corrected chi connectivity index (χ3v) is 3.60. The summed E-state index contributed by atoms with van der Waals surface area (Å²) in [7, 11) is 0. The van der Waals surface area contributed by atoms with Crippen LogP contribution >= 0.6 is 11.3 Å². The van der Waals surface area contributed by atoms with E-state index >= 15 is 0 Å². The van der Waals surface area contributed by atoms with E-state index in [0.29, 0.717) is 12.1 Å². The second kappa shape index (κ2) is 6.20. The van der Waals surface area contributed by atoms with Crippen molar-refractivity contribution in [3.05, 3.63) is 16.1 Å². The van der Waals surface area contributed by atoms with Crippen molar-refractivity contribution in [3.8, 4) is 0 Å². The first-order valence-corrected chi connectivity index (χ1v) is 6.36. The van der Waals surface area contributed by atoms with E-state index in [0.717, 1.165) is 24.4 Å². The molecule has 86 valence electrons. The van der Waals surface area contributed by atoms with Crippen molar-refractivity contribution in [2.75, 3.05) is 6.54 Å². The molecule has 1 rings (SSSR count). The lowest BCUT2D eigenvalue weighted by Gasteiger charge is -2.13. The van der Waals surface area contributed by atoms with Gasteiger partial charge in [0, 0.05) is 17.1 Å². The molecule has 1 aromatic rings. The van der Waals surface area contributed by atoms with Gasteiger partial charge in [-0.05, 0) is 33.2 Å². The molecule has 0 aromatic carbocycles. The largest absolute Gasteiger partial charge is 0.328 e. The first-order valence-electron chi connectivity index (χ1n) is 5.54. The van der Waals surface area contributed by atoms with Crippen molar-refractivity contribution in [1.82, 2.24) is 10.3 Å². The zero-order chi connectivity index (χ0) is 11.3. The molecule has 0 radical (unpaired) electrons. The number of nitrogens with two attached hydrogens (primary N) is 1. The minimum absolute atomic E-state index is 0.322. The lowest BCUT2D eigenvalue weighted by Crippen LogP contribution is -2.27. The van der Waals surface area contributed by atoms with Crippen molar-refractivity contribution < 1.29 is 0 Å². The fourth-order valence-electron chi connectivity index (χ4n) is 1.35. The average molecular weight is 227 g/mol. The van der Waals surface area contributed by atoms with Gasteiger partial charge in [-0.1, -0.05) is 6.92 Å². The number of rotatable bonds is 6. The van der Waals surface area contributed by atoms with Gasteiger partial charge >= 0.3 is 0 Å². The van der Waals surface area contributed by atoms with Gasteiger partial charge in [-0.15, -0.1) is 11.3 Å². The van der Waals surface area contributed by atoms with Crippen molar-refractivity contribution in [1.29, 1.82) is 0 Å². The predicted molar refractivity (Wildman–Crippen MR) is 66.2 cm³/mol. The van der Waals surface area contributed by atoms with Gasteiger partial charge in [-0.2, -0.15) is 0 Å². The number of nitrogens with one attached hydrogen (secondary N) is 1. The van der Waals surface area contributed by atoms with Gasteiger partial charge in [0.05, 0.1) is 6.04 Å². The lowest BCUT2D eigenvalue weighted by atomic mass is 10.1. The Bertz CT molecular complexity index is 285. The molecule has 0 amide bonds. The molecule has 15 heavy (non-hydrogen) atoms. The minimum Gasteiger partial charge on any atom is -0.328 e. The lowest BCUT2D eigenvalue weighted by molar-refractivity contribution is 0.506. The average Bonchev–Trinajstić information content (AvgIpc) is 2.64. The zero-order valence-electron chi connectivity index (χ0n) is 9.79. The summed E-state index contributed by atoms with van der Waals surface area (Å²) >= 11 is 1.76. The van der Waals surface area contributed by atoms with Crippen LogP contribution in [0.4, 0.5) is 0 Å². The summed E-state index contributed by atoms with van der Waals surface area (Å²) < 4.78 is 0. The Morgan fingerprint density at radius 2 is 2.33 bits per heavy atom. The van der Waals surface area contributed by atoms with Gasteiger partial charge in [0.15, 0.2) is 0 Å². The van der Waals surface area contributed by atoms with Gasteiger partial charge in [-0.25, -0.2) is 4.98 Å². The molecule has 0 aliphatic heterocycles. The van der Waals surface area contributed by atoms with E-state index < -0.39 is 0 Å². The van der Waals surface area contributed by atoms with Crippen LogP contribution in [0.3, 0.4) is 0 Å². The van der Waals surface area contributed by atoms with Gasteiger partial charge < -0.3 is 11.1 Å². The monoisotopic (exact) mass is 227 g/mol. The molecule has 0 aliphatic rings. The summed E-state index contributed by atoms with van der Waals surface area (Å²) in [6.45, 7) is 7.32. The highest BCUT2D eigenvalue weighted by Crippen LogP contribution is 2.18. The van der Waals surface area contributed by atoms with E-state index in [2.05, 4.69) is 31.1 Å². The molecule has 2 unspecified atom stereocenters. The maximum Gasteiger partial charge on any atom is 0.109 e. The normalized spacial score (nSPS) is 15.2. The van der Waals surface area contributed by atoms with Crippen LogP contribution in [0.5, 0.6) is 0 Å². The Morgan fingerprint density at radius 1 is 1.60 bits per heavy atom. The molecular weight excluding hydrogens is 206 g/mol. The zero-order valence-corrected chi connectivity index (χ0v) is 10.6. The Morgan fingerprint density at radius 3 is 2.87 bits per heavy atom. The van der Waals surface area contributed by atoms with Crippen LogP contribution in [0, 0.1) is 6.92 Å². The number of hydrogen-bond donors (Lipinski definition) is 2. The van der Waals surface area contributed by atoms with Crippen LogP contribution < -0.4 is 11.1 Å². The van der Waals surface area contributed by atoms with Crippen molar-refractivity contribution in [2.24, 2.45) is 5.73 Å². The maximum atomic E-state index is 5.85. The van der Waals surface area contributed by atoms with Crippen molar-refractivity contribution in [2.45, 2.75) is 45.7 Å². The van der Waals surface area contributed by atoms with E-state index in [-0.39, 0.29) is 0 Å². The molecule has 1 heterocycles. The first kappa shape index (κ1) is 12.6. The summed E-state index contributed by atoms with van der Waals surface area (Å²) in [4.78, 5) is 5.63. The minimum atomic E-state index is 0.322. The quantitative estimate of drug-likeness (QED) is 0.783. The third kappa shape index (κ3) is 4.28. The van der Waals surface area contributed by atoms with Gasteiger partial charge in [0.2, 0.25) is 0 Å². The number of nitrogens with zero attached hydrogens (tertiary/aromatic N) is 1. The molecule has 1 aromatic heterocycles. The van der Waals surface area contributed by atoms with Crippen LogP contribution in [-0.2, 0) is 0 Å². The third-order valence-electron chi connectivity index (χ3n) is 2.50. The molecule has 3 nitrogen and oxygen atoms in total. The molecule has 4 heteroatoms. The van der Waals surface area contributed by atoms with Crippen molar-refractivity contribution >= 4 is 11.3 Å².